The number of rotatable bonds is 5. The van der Waals surface area contributed by atoms with Crippen LogP contribution >= 0.6 is 39.5 Å². The molecule has 1 aliphatic heterocycles. The fourth-order valence-corrected chi connectivity index (χ4v) is 5.01. The first kappa shape index (κ1) is 18.3. The summed E-state index contributed by atoms with van der Waals surface area (Å²) in [4.78, 5) is 3.79. The number of nitrogens with one attached hydrogen (secondary N) is 1. The predicted octanol–water partition coefficient (Wildman–Crippen LogP) is 4.85. The number of aromatic nitrogens is 2. The summed E-state index contributed by atoms with van der Waals surface area (Å²) in [6, 6.07) is 12.6. The van der Waals surface area contributed by atoms with Crippen LogP contribution in [-0.4, -0.2) is 52.1 Å². The van der Waals surface area contributed by atoms with Gasteiger partial charge < -0.3 is 4.90 Å². The van der Waals surface area contributed by atoms with Crippen LogP contribution in [0.25, 0.3) is 10.9 Å². The Balaban J connectivity index is 1.28. The number of hydrogen-bond acceptors (Lipinski definition) is 4. The smallest absolute Gasteiger partial charge is 0.0793 e. The quantitative estimate of drug-likeness (QED) is 0.563. The first-order valence-electron chi connectivity index (χ1n) is 8.70. The molecule has 2 heterocycles. The highest BCUT2D eigenvalue weighted by molar-refractivity contribution is 9.10. The largest absolute Gasteiger partial charge is 0.300 e. The normalized spacial score (nSPS) is 16.4. The number of halogens is 2. The van der Waals surface area contributed by atoms with Crippen LogP contribution in [-0.2, 0) is 6.42 Å². The van der Waals surface area contributed by atoms with Crippen molar-refractivity contribution in [3.63, 3.8) is 0 Å². The van der Waals surface area contributed by atoms with Crippen LogP contribution in [0.2, 0.25) is 5.02 Å². The molecule has 4 nitrogen and oxygen atoms in total. The number of hydrogen-bond donors (Lipinski definition) is 1. The van der Waals surface area contributed by atoms with Gasteiger partial charge in [0, 0.05) is 52.5 Å². The van der Waals surface area contributed by atoms with E-state index in [1.165, 1.54) is 10.5 Å². The number of fused-ring (bicyclic) bond motifs is 1. The maximum Gasteiger partial charge on any atom is 0.0793 e. The Bertz CT molecular complexity index is 875. The van der Waals surface area contributed by atoms with Gasteiger partial charge in [0.15, 0.2) is 0 Å². The Morgan fingerprint density at radius 3 is 2.65 bits per heavy atom. The van der Waals surface area contributed by atoms with E-state index >= 15 is 0 Å². The fourth-order valence-electron chi connectivity index (χ4n) is 3.17. The van der Waals surface area contributed by atoms with E-state index in [2.05, 4.69) is 59.6 Å². The molecule has 26 heavy (non-hydrogen) atoms. The number of H-pyrrole nitrogens is 1. The van der Waals surface area contributed by atoms with E-state index in [1.807, 2.05) is 30.3 Å². The van der Waals surface area contributed by atoms with Crippen LogP contribution in [0.1, 0.15) is 5.56 Å². The minimum absolute atomic E-state index is 0.805. The molecule has 0 atom stereocenters. The Labute approximate surface area is 171 Å². The highest BCUT2D eigenvalue weighted by Gasteiger charge is 2.18. The van der Waals surface area contributed by atoms with E-state index in [0.29, 0.717) is 0 Å². The van der Waals surface area contributed by atoms with Gasteiger partial charge in [-0.2, -0.15) is 5.10 Å². The summed E-state index contributed by atoms with van der Waals surface area (Å²) in [5.74, 6) is 0. The fraction of sp³-hybridized carbons (Fsp3) is 0.316. The van der Waals surface area contributed by atoms with Crippen LogP contribution in [0.15, 0.2) is 52.0 Å². The second-order valence-corrected chi connectivity index (χ2v) is 8.94. The van der Waals surface area contributed by atoms with Gasteiger partial charge in [0.2, 0.25) is 0 Å². The molecule has 0 amide bonds. The molecule has 0 aliphatic carbocycles. The molecular weight excluding hydrogens is 432 g/mol. The van der Waals surface area contributed by atoms with Crippen molar-refractivity contribution >= 4 is 50.4 Å². The Hall–Kier alpha value is -1.05. The molecule has 0 spiro atoms. The van der Waals surface area contributed by atoms with Gasteiger partial charge in [-0.05, 0) is 64.1 Å². The minimum Gasteiger partial charge on any atom is -0.300 e. The third-order valence-corrected chi connectivity index (χ3v) is 6.62. The standard InChI is InChI=1S/C19H20BrClN4S/c20-18-12-17(11-15-13-22-23-19(15)18)26-25-9-7-24(8-10-25)6-5-14-1-3-16(21)4-2-14/h1-4,11-13H,5-10H2,(H,22,23). The third-order valence-electron chi connectivity index (χ3n) is 4.67. The van der Waals surface area contributed by atoms with E-state index in [-0.39, 0.29) is 0 Å². The summed E-state index contributed by atoms with van der Waals surface area (Å²) in [5.41, 5.74) is 2.41. The second kappa shape index (κ2) is 8.31. The van der Waals surface area contributed by atoms with Gasteiger partial charge in [0.25, 0.3) is 0 Å². The van der Waals surface area contributed by atoms with E-state index in [0.717, 1.165) is 59.5 Å². The molecule has 0 unspecified atom stereocenters. The molecule has 1 fully saturated rings. The summed E-state index contributed by atoms with van der Waals surface area (Å²) in [6.45, 7) is 5.47. The van der Waals surface area contributed by atoms with Gasteiger partial charge in [-0.15, -0.1) is 0 Å². The Kier molecular flexibility index (Phi) is 5.86. The molecule has 0 bridgehead atoms. The van der Waals surface area contributed by atoms with Crippen molar-refractivity contribution in [3.8, 4) is 0 Å². The Morgan fingerprint density at radius 2 is 1.88 bits per heavy atom. The van der Waals surface area contributed by atoms with Crippen molar-refractivity contribution in [1.29, 1.82) is 0 Å². The molecule has 2 aromatic carbocycles. The lowest BCUT2D eigenvalue weighted by Crippen LogP contribution is -2.44. The highest BCUT2D eigenvalue weighted by Crippen LogP contribution is 2.31. The second-order valence-electron chi connectivity index (χ2n) is 6.48. The van der Waals surface area contributed by atoms with Gasteiger partial charge in [-0.1, -0.05) is 23.7 Å². The molecule has 0 radical (unpaired) electrons. The van der Waals surface area contributed by atoms with Crippen molar-refractivity contribution in [2.24, 2.45) is 0 Å². The number of nitrogens with zero attached hydrogens (tertiary/aromatic N) is 3. The van der Waals surface area contributed by atoms with Gasteiger partial charge in [0.1, 0.15) is 0 Å². The van der Waals surface area contributed by atoms with Crippen LogP contribution in [0, 0.1) is 0 Å². The van der Waals surface area contributed by atoms with Crippen LogP contribution in [0.4, 0.5) is 0 Å². The monoisotopic (exact) mass is 450 g/mol. The van der Waals surface area contributed by atoms with Crippen molar-refractivity contribution < 1.29 is 0 Å². The zero-order valence-corrected chi connectivity index (χ0v) is 17.4. The number of benzene rings is 2. The third kappa shape index (κ3) is 4.43. The summed E-state index contributed by atoms with van der Waals surface area (Å²) >= 11 is 11.4. The summed E-state index contributed by atoms with van der Waals surface area (Å²) in [6.07, 6.45) is 2.95. The van der Waals surface area contributed by atoms with E-state index in [1.54, 1.807) is 0 Å². The molecule has 3 aromatic rings. The maximum absolute atomic E-state index is 5.95. The Morgan fingerprint density at radius 1 is 1.12 bits per heavy atom. The number of piperazine rings is 1. The van der Waals surface area contributed by atoms with E-state index in [9.17, 15) is 0 Å². The van der Waals surface area contributed by atoms with Gasteiger partial charge in [0.05, 0.1) is 11.7 Å². The lowest BCUT2D eigenvalue weighted by Gasteiger charge is -2.33. The minimum atomic E-state index is 0.805. The average molecular weight is 452 g/mol. The summed E-state index contributed by atoms with van der Waals surface area (Å²) in [5, 5.41) is 9.09. The summed E-state index contributed by atoms with van der Waals surface area (Å²) < 4.78 is 3.52. The number of aromatic amines is 1. The lowest BCUT2D eigenvalue weighted by atomic mass is 10.1. The zero-order valence-electron chi connectivity index (χ0n) is 14.3. The molecule has 136 valence electrons. The average Bonchev–Trinajstić information content (AvgIpc) is 3.12. The molecule has 1 aliphatic rings. The molecular formula is C19H20BrClN4S. The van der Waals surface area contributed by atoms with Gasteiger partial charge in [-0.3, -0.25) is 5.10 Å². The predicted molar refractivity (Wildman–Crippen MR) is 113 cm³/mol. The van der Waals surface area contributed by atoms with Crippen LogP contribution < -0.4 is 0 Å². The van der Waals surface area contributed by atoms with Crippen molar-refractivity contribution in [2.75, 3.05) is 32.7 Å². The van der Waals surface area contributed by atoms with Crippen molar-refractivity contribution in [3.05, 3.63) is 57.7 Å². The molecule has 1 aromatic heterocycles. The zero-order chi connectivity index (χ0) is 17.9. The molecule has 1 saturated heterocycles. The maximum atomic E-state index is 5.95. The SMILES string of the molecule is Clc1ccc(CCN2CCN(Sc3cc(Br)c4[nH]ncc4c3)CC2)cc1. The first-order chi connectivity index (χ1) is 12.7. The first-order valence-corrected chi connectivity index (χ1v) is 10.6. The van der Waals surface area contributed by atoms with Gasteiger partial charge >= 0.3 is 0 Å². The van der Waals surface area contributed by atoms with E-state index < -0.39 is 0 Å². The van der Waals surface area contributed by atoms with Gasteiger partial charge in [-0.25, -0.2) is 4.31 Å². The summed E-state index contributed by atoms with van der Waals surface area (Å²) in [7, 11) is 0. The molecule has 0 saturated carbocycles. The topological polar surface area (TPSA) is 35.2 Å². The molecule has 7 heteroatoms. The highest BCUT2D eigenvalue weighted by atomic mass is 79.9. The molecule has 4 rings (SSSR count). The molecule has 1 N–H and O–H groups in total. The van der Waals surface area contributed by atoms with Crippen molar-refractivity contribution in [2.45, 2.75) is 11.3 Å². The lowest BCUT2D eigenvalue weighted by molar-refractivity contribution is 0.198. The van der Waals surface area contributed by atoms with Crippen LogP contribution in [0.3, 0.4) is 0 Å². The van der Waals surface area contributed by atoms with E-state index in [4.69, 9.17) is 11.6 Å². The van der Waals surface area contributed by atoms with Crippen LogP contribution in [0.5, 0.6) is 0 Å². The van der Waals surface area contributed by atoms with Crippen molar-refractivity contribution in [1.82, 2.24) is 19.4 Å².